The summed E-state index contributed by atoms with van der Waals surface area (Å²) in [6, 6.07) is 3.36. The van der Waals surface area contributed by atoms with Gasteiger partial charge < -0.3 is 14.2 Å². The summed E-state index contributed by atoms with van der Waals surface area (Å²) < 4.78 is 16.0. The fraction of sp³-hybridized carbons (Fsp3) is 0.400. The zero-order chi connectivity index (χ0) is 14.4. The third-order valence-electron chi connectivity index (χ3n) is 2.58. The van der Waals surface area contributed by atoms with Crippen molar-refractivity contribution >= 4 is 5.78 Å². The van der Waals surface area contributed by atoms with Gasteiger partial charge in [0.15, 0.2) is 5.78 Å². The van der Waals surface area contributed by atoms with Gasteiger partial charge in [-0.2, -0.15) is 0 Å². The highest BCUT2D eigenvalue weighted by Gasteiger charge is 2.17. The summed E-state index contributed by atoms with van der Waals surface area (Å²) in [5.41, 5.74) is 1.59. The Labute approximate surface area is 114 Å². The molecule has 0 saturated heterocycles. The maximum Gasteiger partial charge on any atom is 0.167 e. The lowest BCUT2D eigenvalue weighted by molar-refractivity contribution is 0.101. The van der Waals surface area contributed by atoms with Crippen molar-refractivity contribution in [2.75, 3.05) is 20.8 Å². The molecule has 1 aromatic carbocycles. The van der Waals surface area contributed by atoms with Crippen molar-refractivity contribution in [3.8, 4) is 17.2 Å². The van der Waals surface area contributed by atoms with Crippen LogP contribution in [0.5, 0.6) is 17.2 Å². The number of carbonyl (C=O) groups is 1. The van der Waals surface area contributed by atoms with Gasteiger partial charge in [-0.15, -0.1) is 0 Å². The molecule has 0 fully saturated rings. The van der Waals surface area contributed by atoms with Crippen LogP contribution in [-0.4, -0.2) is 26.6 Å². The van der Waals surface area contributed by atoms with Gasteiger partial charge in [-0.05, 0) is 26.8 Å². The number of Topliss-reactive ketones (excluding diaryl/α,β-unsaturated/α-hetero) is 1. The SMILES string of the molecule is COc1cc(OC)c(C(C)=O)c(OCC=C(C)C)c1. The number of ether oxygens (including phenoxy) is 3. The molecule has 0 aliphatic heterocycles. The highest BCUT2D eigenvalue weighted by molar-refractivity contribution is 6.00. The van der Waals surface area contributed by atoms with Crippen LogP contribution in [0.15, 0.2) is 23.8 Å². The Bertz CT molecular complexity index is 485. The van der Waals surface area contributed by atoms with E-state index in [4.69, 9.17) is 14.2 Å². The molecule has 0 atom stereocenters. The topological polar surface area (TPSA) is 44.8 Å². The molecule has 0 amide bonds. The molecule has 1 rings (SSSR count). The van der Waals surface area contributed by atoms with Crippen molar-refractivity contribution < 1.29 is 19.0 Å². The molecule has 0 bridgehead atoms. The predicted octanol–water partition coefficient (Wildman–Crippen LogP) is 3.25. The Morgan fingerprint density at radius 3 is 2.21 bits per heavy atom. The van der Waals surface area contributed by atoms with Crippen LogP contribution < -0.4 is 14.2 Å². The number of hydrogen-bond donors (Lipinski definition) is 0. The van der Waals surface area contributed by atoms with Crippen molar-refractivity contribution in [2.24, 2.45) is 0 Å². The Morgan fingerprint density at radius 1 is 1.11 bits per heavy atom. The van der Waals surface area contributed by atoms with Crippen LogP contribution in [0.3, 0.4) is 0 Å². The minimum Gasteiger partial charge on any atom is -0.496 e. The molecule has 0 heterocycles. The maximum atomic E-state index is 11.7. The lowest BCUT2D eigenvalue weighted by atomic mass is 10.1. The van der Waals surface area contributed by atoms with E-state index >= 15 is 0 Å². The second kappa shape index (κ2) is 6.83. The highest BCUT2D eigenvalue weighted by atomic mass is 16.5. The molecule has 0 unspecified atom stereocenters. The molecular formula is C15H20O4. The lowest BCUT2D eigenvalue weighted by Gasteiger charge is -2.14. The van der Waals surface area contributed by atoms with Crippen LogP contribution in [0.25, 0.3) is 0 Å². The average molecular weight is 264 g/mol. The van der Waals surface area contributed by atoms with Crippen LogP contribution >= 0.6 is 0 Å². The third kappa shape index (κ3) is 4.02. The van der Waals surface area contributed by atoms with E-state index in [1.165, 1.54) is 14.0 Å². The van der Waals surface area contributed by atoms with Crippen molar-refractivity contribution in [1.29, 1.82) is 0 Å². The first-order valence-electron chi connectivity index (χ1n) is 6.02. The monoisotopic (exact) mass is 264 g/mol. The van der Waals surface area contributed by atoms with Gasteiger partial charge in [0.05, 0.1) is 14.2 Å². The smallest absolute Gasteiger partial charge is 0.167 e. The molecule has 104 valence electrons. The van der Waals surface area contributed by atoms with Gasteiger partial charge in [0.1, 0.15) is 29.4 Å². The molecule has 4 heteroatoms. The summed E-state index contributed by atoms with van der Waals surface area (Å²) in [6.45, 7) is 5.86. The lowest BCUT2D eigenvalue weighted by Crippen LogP contribution is -2.05. The van der Waals surface area contributed by atoms with Crippen LogP contribution in [0.1, 0.15) is 31.1 Å². The van der Waals surface area contributed by atoms with Crippen molar-refractivity contribution in [3.63, 3.8) is 0 Å². The van der Waals surface area contributed by atoms with Crippen molar-refractivity contribution in [3.05, 3.63) is 29.3 Å². The van der Waals surface area contributed by atoms with Gasteiger partial charge in [-0.25, -0.2) is 0 Å². The van der Waals surface area contributed by atoms with E-state index in [-0.39, 0.29) is 5.78 Å². The standard InChI is InChI=1S/C15H20O4/c1-10(2)6-7-19-14-9-12(17-4)8-13(18-5)15(14)11(3)16/h6,8-9H,7H2,1-5H3. The molecule has 0 aliphatic carbocycles. The molecule has 0 aromatic heterocycles. The van der Waals surface area contributed by atoms with Gasteiger partial charge in [-0.1, -0.05) is 5.57 Å². The van der Waals surface area contributed by atoms with Gasteiger partial charge in [0.25, 0.3) is 0 Å². The van der Waals surface area contributed by atoms with E-state index in [0.717, 1.165) is 5.57 Å². The van der Waals surface area contributed by atoms with Gasteiger partial charge >= 0.3 is 0 Å². The minimum absolute atomic E-state index is 0.105. The average Bonchev–Trinajstić information content (AvgIpc) is 2.36. The minimum atomic E-state index is -0.105. The first-order valence-corrected chi connectivity index (χ1v) is 6.02. The number of carbonyl (C=O) groups excluding carboxylic acids is 1. The molecule has 0 saturated carbocycles. The third-order valence-corrected chi connectivity index (χ3v) is 2.58. The molecule has 1 aromatic rings. The number of methoxy groups -OCH3 is 2. The van der Waals surface area contributed by atoms with E-state index in [1.54, 1.807) is 19.2 Å². The van der Waals surface area contributed by atoms with E-state index < -0.39 is 0 Å². The molecule has 0 N–H and O–H groups in total. The Kier molecular flexibility index (Phi) is 5.42. The van der Waals surface area contributed by atoms with E-state index in [0.29, 0.717) is 29.4 Å². The summed E-state index contributed by atoms with van der Waals surface area (Å²) >= 11 is 0. The fourth-order valence-corrected chi connectivity index (χ4v) is 1.60. The van der Waals surface area contributed by atoms with Gasteiger partial charge in [0, 0.05) is 12.1 Å². The first-order chi connectivity index (χ1) is 8.99. The summed E-state index contributed by atoms with van der Waals surface area (Å²) in [5, 5.41) is 0. The van der Waals surface area contributed by atoms with E-state index in [1.807, 2.05) is 19.9 Å². The van der Waals surface area contributed by atoms with Crippen LogP contribution in [0.2, 0.25) is 0 Å². The first kappa shape index (κ1) is 15.1. The summed E-state index contributed by atoms with van der Waals surface area (Å²) in [7, 11) is 3.07. The predicted molar refractivity (Wildman–Crippen MR) is 74.5 cm³/mol. The zero-order valence-corrected chi connectivity index (χ0v) is 12.1. The van der Waals surface area contributed by atoms with E-state index in [2.05, 4.69) is 0 Å². The largest absolute Gasteiger partial charge is 0.496 e. The second-order valence-corrected chi connectivity index (χ2v) is 4.35. The Morgan fingerprint density at radius 2 is 1.74 bits per heavy atom. The summed E-state index contributed by atoms with van der Waals surface area (Å²) in [6.07, 6.45) is 1.94. The second-order valence-electron chi connectivity index (χ2n) is 4.35. The molecule has 4 nitrogen and oxygen atoms in total. The quantitative estimate of drug-likeness (QED) is 0.584. The number of allylic oxidation sites excluding steroid dienone is 1. The number of rotatable bonds is 6. The number of benzene rings is 1. The molecule has 19 heavy (non-hydrogen) atoms. The van der Waals surface area contributed by atoms with Crippen molar-refractivity contribution in [1.82, 2.24) is 0 Å². The Balaban J connectivity index is 3.17. The zero-order valence-electron chi connectivity index (χ0n) is 12.1. The maximum absolute atomic E-state index is 11.7. The number of ketones is 1. The summed E-state index contributed by atoms with van der Waals surface area (Å²) in [4.78, 5) is 11.7. The summed E-state index contributed by atoms with van der Waals surface area (Å²) in [5.74, 6) is 1.42. The van der Waals surface area contributed by atoms with Crippen LogP contribution in [0.4, 0.5) is 0 Å². The Hall–Kier alpha value is -1.97. The molecule has 0 radical (unpaired) electrons. The van der Waals surface area contributed by atoms with Gasteiger partial charge in [0.2, 0.25) is 0 Å². The van der Waals surface area contributed by atoms with Crippen molar-refractivity contribution in [2.45, 2.75) is 20.8 Å². The molecule has 0 spiro atoms. The number of hydrogen-bond acceptors (Lipinski definition) is 4. The fourth-order valence-electron chi connectivity index (χ4n) is 1.60. The van der Waals surface area contributed by atoms with Gasteiger partial charge in [-0.3, -0.25) is 4.79 Å². The molecular weight excluding hydrogens is 244 g/mol. The van der Waals surface area contributed by atoms with Crippen LogP contribution in [-0.2, 0) is 0 Å². The highest BCUT2D eigenvalue weighted by Crippen LogP contribution is 2.34. The molecule has 0 aliphatic rings. The van der Waals surface area contributed by atoms with Crippen LogP contribution in [0, 0.1) is 0 Å². The normalized spacial score (nSPS) is 9.74. The van der Waals surface area contributed by atoms with E-state index in [9.17, 15) is 4.79 Å².